The molecule has 0 amide bonds. The summed E-state index contributed by atoms with van der Waals surface area (Å²) in [5.74, 6) is -0.0926. The number of non-ortho nitro benzene ring substituents is 1. The minimum Gasteiger partial charge on any atom is -0.454 e. The fourth-order valence-electron chi connectivity index (χ4n) is 2.37. The van der Waals surface area contributed by atoms with E-state index in [2.05, 4.69) is 0 Å². The number of carbonyl (C=O) groups is 2. The zero-order chi connectivity index (χ0) is 19.2. The Kier molecular flexibility index (Phi) is 6.36. The van der Waals surface area contributed by atoms with E-state index in [1.165, 1.54) is 35.1 Å². The van der Waals surface area contributed by atoms with Crippen LogP contribution in [0.1, 0.15) is 20.7 Å². The lowest BCUT2D eigenvalue weighted by Crippen LogP contribution is -2.40. The second kappa shape index (κ2) is 8.92. The van der Waals surface area contributed by atoms with Gasteiger partial charge in [0.15, 0.2) is 0 Å². The fraction of sp³-hybridized carbons (Fsp3) is 0.222. The number of hydrogen-bond donors (Lipinski definition) is 0. The molecule has 27 heavy (non-hydrogen) atoms. The number of esters is 2. The van der Waals surface area contributed by atoms with Crippen molar-refractivity contribution in [3.8, 4) is 0 Å². The van der Waals surface area contributed by atoms with E-state index in [4.69, 9.17) is 9.47 Å². The lowest BCUT2D eigenvalue weighted by Gasteiger charge is -2.29. The average Bonchev–Trinajstić information content (AvgIpc) is 2.70. The smallest absolute Gasteiger partial charge is 0.338 e. The Balaban J connectivity index is 1.65. The first kappa shape index (κ1) is 19.2. The number of ether oxygens (including phenoxy) is 2. The maximum absolute atomic E-state index is 12.3. The monoisotopic (exact) mass is 405 g/mol. The lowest BCUT2D eigenvalue weighted by atomic mass is 10.2. The van der Waals surface area contributed by atoms with Gasteiger partial charge in [-0.1, -0.05) is 39.8 Å². The Labute approximate surface area is 163 Å². The summed E-state index contributed by atoms with van der Waals surface area (Å²) in [4.78, 5) is 34.8. The third-order valence-electron chi connectivity index (χ3n) is 3.80. The van der Waals surface area contributed by atoms with Crippen molar-refractivity contribution in [1.82, 2.24) is 0 Å². The average molecular weight is 405 g/mol. The highest BCUT2D eigenvalue weighted by Gasteiger charge is 2.33. The number of hydrogen-bond acceptors (Lipinski definition) is 8. The van der Waals surface area contributed by atoms with E-state index < -0.39 is 29.1 Å². The Morgan fingerprint density at radius 3 is 1.81 bits per heavy atom. The van der Waals surface area contributed by atoms with Crippen LogP contribution < -0.4 is 0 Å². The molecule has 9 heteroatoms. The molecule has 1 saturated heterocycles. The molecule has 0 bridgehead atoms. The second-order valence-corrected chi connectivity index (χ2v) is 8.18. The van der Waals surface area contributed by atoms with E-state index in [1.807, 2.05) is 0 Å². The summed E-state index contributed by atoms with van der Waals surface area (Å²) in [6, 6.07) is 13.8. The molecule has 2 unspecified atom stereocenters. The highest BCUT2D eigenvalue weighted by atomic mass is 33.1. The second-order valence-electron chi connectivity index (χ2n) is 5.63. The number of rotatable bonds is 5. The highest BCUT2D eigenvalue weighted by Crippen LogP contribution is 2.33. The Bertz CT molecular complexity index is 828. The summed E-state index contributed by atoms with van der Waals surface area (Å²) in [6.45, 7) is 0. The van der Waals surface area contributed by atoms with Crippen LogP contribution in [-0.2, 0) is 9.47 Å². The molecule has 0 spiro atoms. The molecule has 7 nitrogen and oxygen atoms in total. The molecule has 0 saturated carbocycles. The molecule has 1 aliphatic rings. The minimum absolute atomic E-state index is 0.106. The van der Waals surface area contributed by atoms with E-state index in [-0.39, 0.29) is 11.3 Å². The van der Waals surface area contributed by atoms with Gasteiger partial charge in [-0.25, -0.2) is 9.59 Å². The van der Waals surface area contributed by atoms with Crippen LogP contribution >= 0.6 is 21.6 Å². The molecule has 3 rings (SSSR count). The molecule has 1 fully saturated rings. The van der Waals surface area contributed by atoms with Crippen molar-refractivity contribution < 1.29 is 24.0 Å². The molecule has 2 atom stereocenters. The third-order valence-corrected chi connectivity index (χ3v) is 6.22. The summed E-state index contributed by atoms with van der Waals surface area (Å²) in [7, 11) is 3.08. The Hall–Kier alpha value is -2.52. The van der Waals surface area contributed by atoms with Crippen LogP contribution in [0.5, 0.6) is 0 Å². The normalized spacial score (nSPS) is 19.1. The zero-order valence-corrected chi connectivity index (χ0v) is 15.6. The highest BCUT2D eigenvalue weighted by molar-refractivity contribution is 8.76. The molecule has 1 heterocycles. The van der Waals surface area contributed by atoms with Crippen LogP contribution in [0.25, 0.3) is 0 Å². The first-order valence-corrected chi connectivity index (χ1v) is 10.5. The largest absolute Gasteiger partial charge is 0.454 e. The van der Waals surface area contributed by atoms with Crippen LogP contribution in [0.3, 0.4) is 0 Å². The van der Waals surface area contributed by atoms with Crippen LogP contribution in [0, 0.1) is 10.1 Å². The molecule has 0 radical (unpaired) electrons. The first-order chi connectivity index (χ1) is 13.0. The maximum atomic E-state index is 12.3. The number of nitro benzene ring substituents is 1. The number of nitro groups is 1. The molecule has 140 valence electrons. The van der Waals surface area contributed by atoms with Gasteiger partial charge in [-0.15, -0.1) is 0 Å². The predicted octanol–water partition coefficient (Wildman–Crippen LogP) is 3.74. The molecule has 2 aromatic carbocycles. The Morgan fingerprint density at radius 1 is 0.852 bits per heavy atom. The van der Waals surface area contributed by atoms with Crippen molar-refractivity contribution in [2.24, 2.45) is 0 Å². The number of benzene rings is 2. The standard InChI is InChI=1S/C18H15NO6S2/c20-17(12-4-2-1-3-5-12)24-15-10-26-27-11-16(15)25-18(21)13-6-8-14(9-7-13)19(22)23/h1-9,15-16H,10-11H2. The van der Waals surface area contributed by atoms with Crippen molar-refractivity contribution >= 4 is 39.2 Å². The Morgan fingerprint density at radius 2 is 1.33 bits per heavy atom. The molecule has 0 aromatic heterocycles. The van der Waals surface area contributed by atoms with Crippen LogP contribution in [0.2, 0.25) is 0 Å². The molecular weight excluding hydrogens is 390 g/mol. The van der Waals surface area contributed by atoms with Gasteiger partial charge in [0.25, 0.3) is 5.69 Å². The van der Waals surface area contributed by atoms with E-state index in [0.29, 0.717) is 17.1 Å². The van der Waals surface area contributed by atoms with Gasteiger partial charge < -0.3 is 9.47 Å². The third kappa shape index (κ3) is 5.01. The maximum Gasteiger partial charge on any atom is 0.338 e. The molecule has 1 aliphatic heterocycles. The summed E-state index contributed by atoms with van der Waals surface area (Å²) < 4.78 is 11.0. The summed E-state index contributed by atoms with van der Waals surface area (Å²) in [6.07, 6.45) is -1.16. The van der Waals surface area contributed by atoms with Gasteiger partial charge in [0, 0.05) is 23.6 Å². The molecule has 0 aliphatic carbocycles. The van der Waals surface area contributed by atoms with Crippen molar-refractivity contribution in [2.45, 2.75) is 12.2 Å². The van der Waals surface area contributed by atoms with Gasteiger partial charge in [-0.3, -0.25) is 10.1 Å². The number of nitrogens with zero attached hydrogens (tertiary/aromatic N) is 1. The van der Waals surface area contributed by atoms with Crippen molar-refractivity contribution in [2.75, 3.05) is 11.5 Å². The topological polar surface area (TPSA) is 95.7 Å². The van der Waals surface area contributed by atoms with Crippen molar-refractivity contribution in [3.05, 3.63) is 75.8 Å². The van der Waals surface area contributed by atoms with Gasteiger partial charge in [0.05, 0.1) is 16.1 Å². The van der Waals surface area contributed by atoms with Gasteiger partial charge in [0.1, 0.15) is 12.2 Å². The SMILES string of the molecule is O=C(OC1CSSCC1OC(=O)c1ccc([N+](=O)[O-])cc1)c1ccccc1. The van der Waals surface area contributed by atoms with Crippen LogP contribution in [0.15, 0.2) is 54.6 Å². The zero-order valence-electron chi connectivity index (χ0n) is 14.0. The predicted molar refractivity (Wildman–Crippen MR) is 103 cm³/mol. The van der Waals surface area contributed by atoms with E-state index in [9.17, 15) is 19.7 Å². The van der Waals surface area contributed by atoms with Crippen molar-refractivity contribution in [3.63, 3.8) is 0 Å². The fourth-order valence-corrected chi connectivity index (χ4v) is 4.78. The summed E-state index contributed by atoms with van der Waals surface area (Å²) >= 11 is 0. The van der Waals surface area contributed by atoms with E-state index in [1.54, 1.807) is 41.1 Å². The number of carbonyl (C=O) groups excluding carboxylic acids is 2. The minimum atomic E-state index is -0.608. The van der Waals surface area contributed by atoms with Crippen LogP contribution in [0.4, 0.5) is 5.69 Å². The molecular formula is C18H15NO6S2. The molecule has 2 aromatic rings. The van der Waals surface area contributed by atoms with Gasteiger partial charge >= 0.3 is 11.9 Å². The van der Waals surface area contributed by atoms with Gasteiger partial charge in [-0.2, -0.15) is 0 Å². The van der Waals surface area contributed by atoms with Gasteiger partial charge in [0.2, 0.25) is 0 Å². The molecule has 0 N–H and O–H groups in total. The van der Waals surface area contributed by atoms with E-state index >= 15 is 0 Å². The lowest BCUT2D eigenvalue weighted by molar-refractivity contribution is -0.384. The quantitative estimate of drug-likeness (QED) is 0.321. The summed E-state index contributed by atoms with van der Waals surface area (Å²) in [5, 5.41) is 10.7. The van der Waals surface area contributed by atoms with Crippen molar-refractivity contribution in [1.29, 1.82) is 0 Å². The van der Waals surface area contributed by atoms with Gasteiger partial charge in [-0.05, 0) is 24.3 Å². The summed E-state index contributed by atoms with van der Waals surface area (Å²) in [5.41, 5.74) is 0.531. The van der Waals surface area contributed by atoms with Crippen LogP contribution in [-0.4, -0.2) is 40.6 Å². The first-order valence-electron chi connectivity index (χ1n) is 8.00. The van der Waals surface area contributed by atoms with E-state index in [0.717, 1.165) is 0 Å².